The average molecular weight is 556 g/mol. The smallest absolute Gasteiger partial charge is 0.475 e. The molecular weight excluding hydrogens is 534 g/mol. The molecule has 1 amide bonds. The molecule has 0 bridgehead atoms. The van der Waals surface area contributed by atoms with Crippen LogP contribution in [0.2, 0.25) is 0 Å². The fourth-order valence-corrected chi connectivity index (χ4v) is 4.37. The summed E-state index contributed by atoms with van der Waals surface area (Å²) in [6.45, 7) is 5.73. The highest BCUT2D eigenvalue weighted by atomic mass is 32.1. The Balaban J connectivity index is 0.000000286. The van der Waals surface area contributed by atoms with Crippen LogP contribution in [0, 0.1) is 12.3 Å². The first-order chi connectivity index (χ1) is 17.0. The van der Waals surface area contributed by atoms with Crippen LogP contribution in [0.4, 0.5) is 32.2 Å². The van der Waals surface area contributed by atoms with E-state index >= 15 is 0 Å². The summed E-state index contributed by atoms with van der Waals surface area (Å²) in [7, 11) is 0. The molecule has 2 saturated heterocycles. The van der Waals surface area contributed by atoms with Gasteiger partial charge in [-0.05, 0) is 32.0 Å². The molecule has 2 aromatic rings. The maximum absolute atomic E-state index is 12.5. The number of alkyl halides is 6. The quantitative estimate of drug-likeness (QED) is 0.548. The Kier molecular flexibility index (Phi) is 9.60. The zero-order chi connectivity index (χ0) is 28.0. The van der Waals surface area contributed by atoms with Crippen LogP contribution in [0.3, 0.4) is 0 Å². The molecule has 1 atom stereocenters. The third kappa shape index (κ3) is 8.96. The molecule has 4 heterocycles. The monoisotopic (exact) mass is 556 g/mol. The van der Waals surface area contributed by atoms with Crippen molar-refractivity contribution in [3.05, 3.63) is 40.5 Å². The number of amides is 1. The van der Waals surface area contributed by atoms with Crippen LogP contribution in [0.5, 0.6) is 0 Å². The largest absolute Gasteiger partial charge is 0.490 e. The molecule has 4 rings (SSSR count). The maximum Gasteiger partial charge on any atom is 0.490 e. The van der Waals surface area contributed by atoms with Crippen molar-refractivity contribution in [3.8, 4) is 0 Å². The van der Waals surface area contributed by atoms with Crippen LogP contribution in [-0.2, 0) is 20.9 Å². The van der Waals surface area contributed by atoms with Gasteiger partial charge in [0.1, 0.15) is 5.82 Å². The number of carbonyl (C=O) groups is 3. The standard InChI is InChI=1S/C17H20N4OS.2C2HF3O2/c1-13-19-14(10-23-13)9-20-7-5-17(11-20)8-16(22)21(12-17)15-4-2-3-6-18-15;2*3-2(4,5)1(6)7/h2-4,6,10H,5,7-9,11-12H2,1H3;2*(H,6,7). The molecule has 2 fully saturated rings. The molecule has 2 aliphatic rings. The van der Waals surface area contributed by atoms with Crippen molar-refractivity contribution in [1.82, 2.24) is 14.9 Å². The third-order valence-corrected chi connectivity index (χ3v) is 6.12. The minimum Gasteiger partial charge on any atom is -0.475 e. The van der Waals surface area contributed by atoms with Crippen LogP contribution < -0.4 is 4.90 Å². The number of carbonyl (C=O) groups excluding carboxylic acids is 1. The van der Waals surface area contributed by atoms with Crippen LogP contribution in [0.1, 0.15) is 23.5 Å². The first-order valence-electron chi connectivity index (χ1n) is 10.5. The van der Waals surface area contributed by atoms with Gasteiger partial charge in [0.05, 0.1) is 10.7 Å². The molecule has 16 heteroatoms. The molecule has 1 unspecified atom stereocenters. The highest BCUT2D eigenvalue weighted by Gasteiger charge is 2.48. The number of hydrogen-bond donors (Lipinski definition) is 2. The molecule has 1 spiro atoms. The highest BCUT2D eigenvalue weighted by molar-refractivity contribution is 7.09. The number of thiazole rings is 1. The average Bonchev–Trinajstić information content (AvgIpc) is 3.47. The van der Waals surface area contributed by atoms with Gasteiger partial charge < -0.3 is 10.2 Å². The lowest BCUT2D eigenvalue weighted by Gasteiger charge is -2.23. The van der Waals surface area contributed by atoms with Gasteiger partial charge in [-0.15, -0.1) is 11.3 Å². The first kappa shape index (κ1) is 30.0. The second-order valence-corrected chi connectivity index (χ2v) is 9.33. The molecular formula is C21H22F6N4O5S. The molecule has 37 heavy (non-hydrogen) atoms. The van der Waals surface area contributed by atoms with Crippen molar-refractivity contribution in [3.63, 3.8) is 0 Å². The summed E-state index contributed by atoms with van der Waals surface area (Å²) in [5.41, 5.74) is 1.23. The summed E-state index contributed by atoms with van der Waals surface area (Å²) in [5.74, 6) is -4.53. The third-order valence-electron chi connectivity index (χ3n) is 5.30. The number of anilines is 1. The zero-order valence-electron chi connectivity index (χ0n) is 19.2. The van der Waals surface area contributed by atoms with Gasteiger partial charge in [0.2, 0.25) is 5.91 Å². The van der Waals surface area contributed by atoms with Gasteiger partial charge >= 0.3 is 24.3 Å². The van der Waals surface area contributed by atoms with Crippen LogP contribution >= 0.6 is 11.3 Å². The number of likely N-dealkylation sites (tertiary alicyclic amines) is 1. The van der Waals surface area contributed by atoms with E-state index in [9.17, 15) is 31.1 Å². The van der Waals surface area contributed by atoms with E-state index < -0.39 is 24.3 Å². The summed E-state index contributed by atoms with van der Waals surface area (Å²) in [5, 5.41) is 17.5. The van der Waals surface area contributed by atoms with Gasteiger partial charge in [0, 0.05) is 43.0 Å². The van der Waals surface area contributed by atoms with Crippen LogP contribution in [-0.4, -0.2) is 74.9 Å². The summed E-state index contributed by atoms with van der Waals surface area (Å²) in [4.78, 5) is 43.4. The Morgan fingerprint density at radius 2 is 1.68 bits per heavy atom. The minimum atomic E-state index is -5.08. The van der Waals surface area contributed by atoms with Gasteiger partial charge in [-0.2, -0.15) is 26.3 Å². The van der Waals surface area contributed by atoms with Gasteiger partial charge in [-0.1, -0.05) is 6.07 Å². The highest BCUT2D eigenvalue weighted by Crippen LogP contribution is 2.41. The minimum absolute atomic E-state index is 0.0830. The predicted octanol–water partition coefficient (Wildman–Crippen LogP) is 3.74. The van der Waals surface area contributed by atoms with Crippen molar-refractivity contribution in [2.75, 3.05) is 24.5 Å². The Morgan fingerprint density at radius 1 is 1.08 bits per heavy atom. The number of rotatable bonds is 3. The van der Waals surface area contributed by atoms with E-state index in [2.05, 4.69) is 20.2 Å². The lowest BCUT2D eigenvalue weighted by molar-refractivity contribution is -0.193. The number of aryl methyl sites for hydroxylation is 1. The number of carboxylic acids is 2. The lowest BCUT2D eigenvalue weighted by atomic mass is 9.86. The molecule has 9 nitrogen and oxygen atoms in total. The normalized spacial score (nSPS) is 19.8. The maximum atomic E-state index is 12.5. The Labute approximate surface area is 210 Å². The van der Waals surface area contributed by atoms with Gasteiger partial charge in [-0.25, -0.2) is 19.6 Å². The van der Waals surface area contributed by atoms with Crippen LogP contribution in [0.15, 0.2) is 29.8 Å². The molecule has 204 valence electrons. The van der Waals surface area contributed by atoms with Gasteiger partial charge in [-0.3, -0.25) is 14.6 Å². The number of aromatic nitrogens is 2. The predicted molar refractivity (Wildman–Crippen MR) is 118 cm³/mol. The van der Waals surface area contributed by atoms with Crippen molar-refractivity contribution in [1.29, 1.82) is 0 Å². The number of pyridine rings is 1. The Bertz CT molecular complexity index is 1070. The van der Waals surface area contributed by atoms with Crippen LogP contribution in [0.25, 0.3) is 0 Å². The Morgan fingerprint density at radius 3 is 2.14 bits per heavy atom. The second kappa shape index (κ2) is 11.9. The molecule has 0 saturated carbocycles. The summed E-state index contributed by atoms with van der Waals surface area (Å²) in [6.07, 6.45) is -6.71. The fraction of sp³-hybridized carbons (Fsp3) is 0.476. The topological polar surface area (TPSA) is 124 Å². The Hall–Kier alpha value is -3.27. The van der Waals surface area contributed by atoms with E-state index in [4.69, 9.17) is 19.8 Å². The summed E-state index contributed by atoms with van der Waals surface area (Å²) < 4.78 is 63.5. The van der Waals surface area contributed by atoms with Crippen molar-refractivity contribution >= 4 is 35.0 Å². The van der Waals surface area contributed by atoms with Gasteiger partial charge in [0.25, 0.3) is 0 Å². The summed E-state index contributed by atoms with van der Waals surface area (Å²) >= 11 is 1.70. The number of hydrogen-bond acceptors (Lipinski definition) is 7. The molecule has 0 aliphatic carbocycles. The SMILES string of the molecule is Cc1nc(CN2CCC3(CC(=O)N(c4ccccn4)C3)C2)cs1.O=C(O)C(F)(F)F.O=C(O)C(F)(F)F. The molecule has 0 aromatic carbocycles. The van der Waals surface area contributed by atoms with E-state index in [0.717, 1.165) is 49.1 Å². The molecule has 2 aliphatic heterocycles. The van der Waals surface area contributed by atoms with E-state index in [0.29, 0.717) is 6.42 Å². The molecule has 2 aromatic heterocycles. The van der Waals surface area contributed by atoms with E-state index in [1.807, 2.05) is 30.0 Å². The van der Waals surface area contributed by atoms with E-state index in [1.165, 1.54) is 0 Å². The van der Waals surface area contributed by atoms with Crippen molar-refractivity contribution < 1.29 is 50.9 Å². The number of aliphatic carboxylic acids is 2. The van der Waals surface area contributed by atoms with E-state index in [-0.39, 0.29) is 11.3 Å². The summed E-state index contributed by atoms with van der Waals surface area (Å²) in [6, 6.07) is 5.74. The number of halogens is 6. The number of nitrogens with zero attached hydrogens (tertiary/aromatic N) is 4. The van der Waals surface area contributed by atoms with Crippen molar-refractivity contribution in [2.45, 2.75) is 38.7 Å². The fourth-order valence-electron chi connectivity index (χ4n) is 3.76. The number of carboxylic acid groups (broad SMARTS) is 2. The zero-order valence-corrected chi connectivity index (χ0v) is 20.0. The van der Waals surface area contributed by atoms with E-state index in [1.54, 1.807) is 17.5 Å². The molecule has 2 N–H and O–H groups in total. The van der Waals surface area contributed by atoms with Gasteiger partial charge in [0.15, 0.2) is 0 Å². The molecule has 0 radical (unpaired) electrons. The first-order valence-corrected chi connectivity index (χ1v) is 11.4. The second-order valence-electron chi connectivity index (χ2n) is 8.27. The van der Waals surface area contributed by atoms with Crippen molar-refractivity contribution in [2.24, 2.45) is 5.41 Å². The lowest BCUT2D eigenvalue weighted by Crippen LogP contribution is -2.31.